The fourth-order valence-corrected chi connectivity index (χ4v) is 3.27. The zero-order chi connectivity index (χ0) is 13.0. The van der Waals surface area contributed by atoms with Gasteiger partial charge in [0.25, 0.3) is 5.66 Å². The smallest absolute Gasteiger partial charge is 0.303 e. The Morgan fingerprint density at radius 2 is 1.72 bits per heavy atom. The lowest BCUT2D eigenvalue weighted by Crippen LogP contribution is -2.53. The van der Waals surface area contributed by atoms with Crippen LogP contribution in [-0.4, -0.2) is 60.4 Å². The second kappa shape index (κ2) is 3.90. The largest absolute Gasteiger partial charge is 0.437 e. The molecule has 3 aliphatic heterocycles. The van der Waals surface area contributed by atoms with Crippen molar-refractivity contribution in [2.75, 3.05) is 26.7 Å². The van der Waals surface area contributed by atoms with Crippen LogP contribution in [0.4, 0.5) is 13.2 Å². The first-order chi connectivity index (χ1) is 8.41. The van der Waals surface area contributed by atoms with Crippen LogP contribution in [0.15, 0.2) is 10.2 Å². The maximum Gasteiger partial charge on any atom is 0.437 e. The lowest BCUT2D eigenvalue weighted by Gasteiger charge is -2.39. The lowest BCUT2D eigenvalue weighted by molar-refractivity contribution is -0.166. The first-order valence-electron chi connectivity index (χ1n) is 6.36. The lowest BCUT2D eigenvalue weighted by atomic mass is 10.1. The Morgan fingerprint density at radius 3 is 2.17 bits per heavy atom. The molecule has 3 aliphatic rings. The average molecular weight is 262 g/mol. The van der Waals surface area contributed by atoms with Crippen molar-refractivity contribution in [2.45, 2.75) is 43.2 Å². The van der Waals surface area contributed by atoms with Crippen molar-refractivity contribution < 1.29 is 13.2 Å². The van der Waals surface area contributed by atoms with Crippen LogP contribution < -0.4 is 0 Å². The Bertz CT molecular complexity index is 348. The summed E-state index contributed by atoms with van der Waals surface area (Å²) in [6.07, 6.45) is -2.14. The highest BCUT2D eigenvalue weighted by Gasteiger charge is 2.63. The normalized spacial score (nSPS) is 35.1. The molecule has 0 amide bonds. The third-order valence-electron chi connectivity index (χ3n) is 4.33. The van der Waals surface area contributed by atoms with Gasteiger partial charge in [0.05, 0.1) is 0 Å². The summed E-state index contributed by atoms with van der Waals surface area (Å²) in [6, 6.07) is 0.829. The van der Waals surface area contributed by atoms with Crippen molar-refractivity contribution in [3.05, 3.63) is 0 Å². The molecule has 0 radical (unpaired) electrons. The van der Waals surface area contributed by atoms with Crippen LogP contribution in [0.3, 0.4) is 0 Å². The van der Waals surface area contributed by atoms with Gasteiger partial charge < -0.3 is 4.90 Å². The zero-order valence-electron chi connectivity index (χ0n) is 10.3. The van der Waals surface area contributed by atoms with Crippen molar-refractivity contribution in [2.24, 2.45) is 10.2 Å². The van der Waals surface area contributed by atoms with Gasteiger partial charge in [-0.05, 0) is 19.9 Å². The minimum absolute atomic E-state index is 0.0206. The van der Waals surface area contributed by atoms with E-state index in [1.54, 1.807) is 0 Å². The number of likely N-dealkylation sites (tertiary alicyclic amines) is 1. The number of nitrogens with zero attached hydrogens (tertiary/aromatic N) is 4. The molecule has 0 spiro atoms. The van der Waals surface area contributed by atoms with Crippen LogP contribution in [0.2, 0.25) is 0 Å². The first-order valence-corrected chi connectivity index (χ1v) is 6.36. The van der Waals surface area contributed by atoms with Gasteiger partial charge in [-0.15, -0.1) is 10.2 Å². The minimum atomic E-state index is -4.32. The van der Waals surface area contributed by atoms with Crippen molar-refractivity contribution >= 4 is 0 Å². The second-order valence-corrected chi connectivity index (χ2v) is 5.61. The highest BCUT2D eigenvalue weighted by atomic mass is 19.4. The second-order valence-electron chi connectivity index (χ2n) is 5.61. The van der Waals surface area contributed by atoms with Crippen molar-refractivity contribution in [3.63, 3.8) is 0 Å². The molecule has 0 aromatic heterocycles. The predicted molar refractivity (Wildman–Crippen MR) is 59.3 cm³/mol. The summed E-state index contributed by atoms with van der Waals surface area (Å²) < 4.78 is 38.1. The molecule has 7 heteroatoms. The molecule has 18 heavy (non-hydrogen) atoms. The number of rotatable bonds is 3. The third-order valence-corrected chi connectivity index (χ3v) is 4.33. The molecular formula is C11H17F3N4. The van der Waals surface area contributed by atoms with E-state index < -0.39 is 11.8 Å². The summed E-state index contributed by atoms with van der Waals surface area (Å²) in [7, 11) is 2.07. The number of likely N-dealkylation sites (N-methyl/N-ethyl adjacent to an activating group) is 1. The van der Waals surface area contributed by atoms with Gasteiger partial charge in [-0.1, -0.05) is 0 Å². The minimum Gasteiger partial charge on any atom is -0.303 e. The van der Waals surface area contributed by atoms with E-state index in [0.717, 1.165) is 25.9 Å². The number of fused-ring (bicyclic) bond motifs is 2. The van der Waals surface area contributed by atoms with Crippen molar-refractivity contribution in [1.29, 1.82) is 0 Å². The summed E-state index contributed by atoms with van der Waals surface area (Å²) in [5, 5.41) is 6.48. The summed E-state index contributed by atoms with van der Waals surface area (Å²) >= 11 is 0. The maximum atomic E-state index is 12.7. The van der Waals surface area contributed by atoms with E-state index in [4.69, 9.17) is 0 Å². The van der Waals surface area contributed by atoms with Gasteiger partial charge in [0, 0.05) is 38.1 Å². The number of piperazine rings is 1. The molecule has 2 saturated heterocycles. The summed E-state index contributed by atoms with van der Waals surface area (Å²) in [6.45, 7) is 2.38. The summed E-state index contributed by atoms with van der Waals surface area (Å²) in [4.78, 5) is 4.50. The van der Waals surface area contributed by atoms with E-state index in [-0.39, 0.29) is 6.42 Å². The predicted octanol–water partition coefficient (Wildman–Crippen LogP) is 1.88. The zero-order valence-corrected chi connectivity index (χ0v) is 10.3. The van der Waals surface area contributed by atoms with Crippen LogP contribution in [0.25, 0.3) is 0 Å². The van der Waals surface area contributed by atoms with Crippen LogP contribution in [0, 0.1) is 0 Å². The average Bonchev–Trinajstić information content (AvgIpc) is 3.00. The molecule has 2 atom stereocenters. The maximum absolute atomic E-state index is 12.7. The monoisotopic (exact) mass is 262 g/mol. The highest BCUT2D eigenvalue weighted by molar-refractivity contribution is 5.03. The molecule has 3 rings (SSSR count). The molecule has 0 N–H and O–H groups in total. The van der Waals surface area contributed by atoms with Gasteiger partial charge in [0.2, 0.25) is 0 Å². The van der Waals surface area contributed by atoms with E-state index in [9.17, 15) is 13.2 Å². The topological polar surface area (TPSA) is 31.2 Å². The molecule has 0 saturated carbocycles. The van der Waals surface area contributed by atoms with Crippen LogP contribution in [-0.2, 0) is 0 Å². The van der Waals surface area contributed by atoms with Gasteiger partial charge in [0.1, 0.15) is 0 Å². The van der Waals surface area contributed by atoms with Crippen LogP contribution >= 0.6 is 0 Å². The number of hydrogen-bond acceptors (Lipinski definition) is 4. The van der Waals surface area contributed by atoms with Gasteiger partial charge >= 0.3 is 6.18 Å². The number of alkyl halides is 3. The van der Waals surface area contributed by atoms with Crippen LogP contribution in [0.1, 0.15) is 19.3 Å². The van der Waals surface area contributed by atoms with E-state index >= 15 is 0 Å². The number of hydrogen-bond donors (Lipinski definition) is 0. The quantitative estimate of drug-likeness (QED) is 0.777. The molecule has 0 aromatic rings. The molecule has 102 valence electrons. The molecule has 0 aromatic carbocycles. The first kappa shape index (κ1) is 12.3. The Hall–Kier alpha value is -0.690. The van der Waals surface area contributed by atoms with E-state index in [1.165, 1.54) is 0 Å². The standard InChI is InChI=1S/C11H17F3N4/c1-17-6-8-2-3-9(7-17)18(8)5-4-10(15-16-10)11(12,13)14/h8-9H,2-7H2,1H3. The number of halogens is 3. The summed E-state index contributed by atoms with van der Waals surface area (Å²) in [5.41, 5.74) is -2.07. The molecule has 0 aliphatic carbocycles. The Labute approximate surface area is 104 Å². The molecule has 2 fully saturated rings. The fourth-order valence-electron chi connectivity index (χ4n) is 3.27. The molecule has 4 nitrogen and oxygen atoms in total. The van der Waals surface area contributed by atoms with E-state index in [0.29, 0.717) is 18.6 Å². The highest BCUT2D eigenvalue weighted by Crippen LogP contribution is 2.47. The van der Waals surface area contributed by atoms with Crippen molar-refractivity contribution in [1.82, 2.24) is 9.80 Å². The third kappa shape index (κ3) is 1.93. The Kier molecular flexibility index (Phi) is 2.68. The summed E-state index contributed by atoms with van der Waals surface area (Å²) in [5.74, 6) is 0. The van der Waals surface area contributed by atoms with Gasteiger partial charge in [-0.25, -0.2) is 0 Å². The molecule has 3 heterocycles. The molecule has 2 bridgehead atoms. The van der Waals surface area contributed by atoms with E-state index in [2.05, 4.69) is 27.1 Å². The van der Waals surface area contributed by atoms with Gasteiger partial charge in [-0.2, -0.15) is 13.2 Å². The Morgan fingerprint density at radius 1 is 1.17 bits per heavy atom. The van der Waals surface area contributed by atoms with E-state index in [1.807, 2.05) is 0 Å². The SMILES string of the molecule is CN1CC2CCC(C1)N2CCC1(C(F)(F)F)N=N1. The van der Waals surface area contributed by atoms with Crippen LogP contribution in [0.5, 0.6) is 0 Å². The van der Waals surface area contributed by atoms with Gasteiger partial charge in [-0.3, -0.25) is 4.90 Å². The van der Waals surface area contributed by atoms with Crippen molar-refractivity contribution in [3.8, 4) is 0 Å². The fraction of sp³-hybridized carbons (Fsp3) is 1.00. The Balaban J connectivity index is 1.59. The van der Waals surface area contributed by atoms with Gasteiger partial charge in [0.15, 0.2) is 0 Å². The molecular weight excluding hydrogens is 245 g/mol. The molecule has 2 unspecified atom stereocenters.